The van der Waals surface area contributed by atoms with Gasteiger partial charge in [0.15, 0.2) is 16.3 Å². The van der Waals surface area contributed by atoms with E-state index in [4.69, 9.17) is 21.7 Å². The zero-order valence-corrected chi connectivity index (χ0v) is 12.3. The number of nitrogens with zero attached hydrogens (tertiary/aromatic N) is 1. The first-order chi connectivity index (χ1) is 9.56. The zero-order chi connectivity index (χ0) is 14.3. The van der Waals surface area contributed by atoms with Gasteiger partial charge in [-0.25, -0.2) is 0 Å². The molecule has 0 amide bonds. The summed E-state index contributed by atoms with van der Waals surface area (Å²) >= 11 is 5.28. The van der Waals surface area contributed by atoms with E-state index in [1.807, 2.05) is 0 Å². The second kappa shape index (κ2) is 4.94. The molecular weight excluding hydrogens is 276 g/mol. The topological polar surface area (TPSA) is 56.2 Å². The minimum atomic E-state index is -0.0808. The number of aromatic amines is 1. The Labute approximate surface area is 121 Å². The number of aromatic nitrogens is 2. The fourth-order valence-corrected chi connectivity index (χ4v) is 2.52. The molecule has 106 valence electrons. The van der Waals surface area contributed by atoms with E-state index >= 15 is 0 Å². The van der Waals surface area contributed by atoms with Crippen LogP contribution in [0.2, 0.25) is 0 Å². The largest absolute Gasteiger partial charge is 0.454 e. The molecule has 0 radical (unpaired) electrons. The minimum absolute atomic E-state index is 0.0808. The number of ether oxygens (including phenoxy) is 2. The molecule has 1 N–H and O–H groups in total. The third-order valence-corrected chi connectivity index (χ3v) is 3.73. The van der Waals surface area contributed by atoms with E-state index in [9.17, 15) is 4.79 Å². The van der Waals surface area contributed by atoms with E-state index in [1.165, 1.54) is 0 Å². The molecule has 1 aromatic heterocycles. The lowest BCUT2D eigenvalue weighted by Gasteiger charge is -2.10. The first kappa shape index (κ1) is 13.2. The van der Waals surface area contributed by atoms with Crippen molar-refractivity contribution in [3.63, 3.8) is 0 Å². The number of nitrogens with one attached hydrogen (secondary N) is 1. The Morgan fingerprint density at radius 3 is 2.75 bits per heavy atom. The number of benzene rings is 1. The summed E-state index contributed by atoms with van der Waals surface area (Å²) in [5, 5.41) is 0.576. The van der Waals surface area contributed by atoms with E-state index in [0.717, 1.165) is 6.42 Å². The van der Waals surface area contributed by atoms with Gasteiger partial charge in [0.2, 0.25) is 6.79 Å². The molecule has 0 aliphatic carbocycles. The fourth-order valence-electron chi connectivity index (χ4n) is 2.23. The highest BCUT2D eigenvalue weighted by atomic mass is 32.1. The summed E-state index contributed by atoms with van der Waals surface area (Å²) < 4.78 is 12.7. The van der Waals surface area contributed by atoms with Crippen molar-refractivity contribution in [2.45, 2.75) is 26.8 Å². The quantitative estimate of drug-likeness (QED) is 0.884. The summed E-state index contributed by atoms with van der Waals surface area (Å²) in [5.41, 5.74) is 0.604. The molecule has 0 atom stereocenters. The second-order valence-corrected chi connectivity index (χ2v) is 5.71. The monoisotopic (exact) mass is 292 g/mol. The zero-order valence-electron chi connectivity index (χ0n) is 11.4. The molecule has 0 spiro atoms. The first-order valence-corrected chi connectivity index (χ1v) is 7.03. The van der Waals surface area contributed by atoms with Gasteiger partial charge in [0.1, 0.15) is 0 Å². The number of hydrogen-bond acceptors (Lipinski definition) is 4. The highest BCUT2D eigenvalue weighted by Crippen LogP contribution is 2.34. The average molecular weight is 292 g/mol. The molecule has 2 heterocycles. The van der Waals surface area contributed by atoms with Crippen LogP contribution < -0.4 is 15.0 Å². The average Bonchev–Trinajstić information content (AvgIpc) is 2.83. The van der Waals surface area contributed by atoms with Gasteiger partial charge in [0.25, 0.3) is 5.56 Å². The Kier molecular flexibility index (Phi) is 3.25. The van der Waals surface area contributed by atoms with Gasteiger partial charge in [-0.05, 0) is 30.6 Å². The Morgan fingerprint density at radius 2 is 2.05 bits per heavy atom. The maximum atomic E-state index is 12.5. The maximum absolute atomic E-state index is 12.5. The van der Waals surface area contributed by atoms with Crippen LogP contribution >= 0.6 is 12.2 Å². The molecule has 1 aliphatic heterocycles. The lowest BCUT2D eigenvalue weighted by molar-refractivity contribution is 0.174. The van der Waals surface area contributed by atoms with Gasteiger partial charge in [0.05, 0.1) is 10.9 Å². The van der Waals surface area contributed by atoms with Crippen LogP contribution in [0.1, 0.15) is 20.3 Å². The smallest absolute Gasteiger partial charge is 0.262 e. The lowest BCUT2D eigenvalue weighted by Crippen LogP contribution is -2.23. The molecule has 0 saturated heterocycles. The molecule has 0 bridgehead atoms. The van der Waals surface area contributed by atoms with Crippen molar-refractivity contribution < 1.29 is 9.47 Å². The van der Waals surface area contributed by atoms with Crippen molar-refractivity contribution in [1.82, 2.24) is 9.55 Å². The molecule has 0 unspecified atom stereocenters. The fraction of sp³-hybridized carbons (Fsp3) is 0.429. The van der Waals surface area contributed by atoms with Gasteiger partial charge >= 0.3 is 0 Å². The van der Waals surface area contributed by atoms with Crippen LogP contribution in [0.3, 0.4) is 0 Å². The van der Waals surface area contributed by atoms with Gasteiger partial charge in [-0.3, -0.25) is 9.36 Å². The van der Waals surface area contributed by atoms with Crippen LogP contribution in [0.4, 0.5) is 0 Å². The molecule has 2 aromatic rings. The third kappa shape index (κ3) is 2.20. The first-order valence-electron chi connectivity index (χ1n) is 6.62. The molecule has 6 heteroatoms. The molecule has 0 fully saturated rings. The number of fused-ring (bicyclic) bond motifs is 2. The standard InChI is InChI=1S/C14H16N2O3S/c1-8(2)3-4-16-13(17)9-5-11-12(19-7-18-11)6-10(9)15-14(16)20/h5-6,8H,3-4,7H2,1-2H3,(H,15,20). The van der Waals surface area contributed by atoms with E-state index < -0.39 is 0 Å². The van der Waals surface area contributed by atoms with Crippen LogP contribution in [0.15, 0.2) is 16.9 Å². The van der Waals surface area contributed by atoms with Gasteiger partial charge in [-0.1, -0.05) is 13.8 Å². The molecule has 3 rings (SSSR count). The highest BCUT2D eigenvalue weighted by Gasteiger charge is 2.16. The Morgan fingerprint density at radius 1 is 1.35 bits per heavy atom. The molecule has 5 nitrogen and oxygen atoms in total. The van der Waals surface area contributed by atoms with Crippen molar-refractivity contribution in [3.8, 4) is 11.5 Å². The molecule has 20 heavy (non-hydrogen) atoms. The van der Waals surface area contributed by atoms with Crippen LogP contribution in [0.5, 0.6) is 11.5 Å². The van der Waals surface area contributed by atoms with E-state index in [1.54, 1.807) is 16.7 Å². The van der Waals surface area contributed by atoms with Crippen LogP contribution in [-0.4, -0.2) is 16.3 Å². The molecule has 0 saturated carbocycles. The minimum Gasteiger partial charge on any atom is -0.454 e. The Bertz CT molecular complexity index is 776. The summed E-state index contributed by atoms with van der Waals surface area (Å²) in [6.45, 7) is 5.05. The van der Waals surface area contributed by atoms with E-state index in [2.05, 4.69) is 18.8 Å². The predicted octanol–water partition coefficient (Wildman–Crippen LogP) is 2.83. The molecule has 1 aromatic carbocycles. The van der Waals surface area contributed by atoms with Crippen LogP contribution in [-0.2, 0) is 6.54 Å². The van der Waals surface area contributed by atoms with Crippen molar-refractivity contribution >= 4 is 23.1 Å². The number of rotatable bonds is 3. The molecule has 1 aliphatic rings. The predicted molar refractivity (Wildman–Crippen MR) is 79.0 cm³/mol. The van der Waals surface area contributed by atoms with Crippen LogP contribution in [0.25, 0.3) is 10.9 Å². The van der Waals surface area contributed by atoms with Gasteiger partial charge in [-0.15, -0.1) is 0 Å². The van der Waals surface area contributed by atoms with Crippen molar-refractivity contribution in [3.05, 3.63) is 27.3 Å². The second-order valence-electron chi connectivity index (χ2n) is 5.32. The van der Waals surface area contributed by atoms with E-state index in [-0.39, 0.29) is 12.4 Å². The summed E-state index contributed by atoms with van der Waals surface area (Å²) in [6.07, 6.45) is 0.910. The number of hydrogen-bond donors (Lipinski definition) is 1. The number of H-pyrrole nitrogens is 1. The third-order valence-electron chi connectivity index (χ3n) is 3.41. The summed E-state index contributed by atoms with van der Waals surface area (Å²) in [4.78, 5) is 15.6. The highest BCUT2D eigenvalue weighted by molar-refractivity contribution is 7.71. The van der Waals surface area contributed by atoms with Crippen molar-refractivity contribution in [2.24, 2.45) is 5.92 Å². The Balaban J connectivity index is 2.16. The van der Waals surface area contributed by atoms with Gasteiger partial charge in [0, 0.05) is 12.6 Å². The SMILES string of the molecule is CC(C)CCn1c(=S)[nH]c2cc3c(cc2c1=O)OCO3. The van der Waals surface area contributed by atoms with Crippen LogP contribution in [0, 0.1) is 10.7 Å². The Hall–Kier alpha value is -1.82. The van der Waals surface area contributed by atoms with E-state index in [0.29, 0.717) is 39.6 Å². The van der Waals surface area contributed by atoms with Gasteiger partial charge < -0.3 is 14.5 Å². The van der Waals surface area contributed by atoms with Crippen molar-refractivity contribution in [1.29, 1.82) is 0 Å². The van der Waals surface area contributed by atoms with Crippen molar-refractivity contribution in [2.75, 3.05) is 6.79 Å². The summed E-state index contributed by atoms with van der Waals surface area (Å²) in [7, 11) is 0. The summed E-state index contributed by atoms with van der Waals surface area (Å²) in [5.74, 6) is 1.77. The lowest BCUT2D eigenvalue weighted by atomic mass is 10.1. The summed E-state index contributed by atoms with van der Waals surface area (Å²) in [6, 6.07) is 3.48. The normalized spacial score (nSPS) is 13.3. The van der Waals surface area contributed by atoms with Gasteiger partial charge in [-0.2, -0.15) is 0 Å². The molecular formula is C14H16N2O3S. The maximum Gasteiger partial charge on any atom is 0.262 e.